The molecule has 2 atom stereocenters. The molecule has 0 radical (unpaired) electrons. The fourth-order valence-electron chi connectivity index (χ4n) is 7.71. The number of aryl methyl sites for hydroxylation is 3. The summed E-state index contributed by atoms with van der Waals surface area (Å²) in [6.07, 6.45) is 3.61. The second-order valence-electron chi connectivity index (χ2n) is 18.4. The van der Waals surface area contributed by atoms with Gasteiger partial charge in [0.05, 0.1) is 35.6 Å². The van der Waals surface area contributed by atoms with Crippen molar-refractivity contribution in [2.75, 3.05) is 11.9 Å². The summed E-state index contributed by atoms with van der Waals surface area (Å²) >= 11 is 0. The van der Waals surface area contributed by atoms with E-state index in [1.165, 1.54) is 4.31 Å². The molecule has 5 aromatic rings. The van der Waals surface area contributed by atoms with Gasteiger partial charge in [0.25, 0.3) is 0 Å². The van der Waals surface area contributed by atoms with Gasteiger partial charge in [0.2, 0.25) is 15.9 Å². The van der Waals surface area contributed by atoms with Gasteiger partial charge in [-0.05, 0) is 105 Å². The molecule has 0 saturated carbocycles. The van der Waals surface area contributed by atoms with Crippen LogP contribution in [0.15, 0.2) is 71.9 Å². The molecule has 12 nitrogen and oxygen atoms in total. The van der Waals surface area contributed by atoms with Crippen LogP contribution in [0.2, 0.25) is 18.1 Å². The summed E-state index contributed by atoms with van der Waals surface area (Å²) in [6.45, 7) is 27.9. The molecular formula is C45H61N7O5SSi. The van der Waals surface area contributed by atoms with Gasteiger partial charge in [0, 0.05) is 19.0 Å². The Balaban J connectivity index is 1.38. The van der Waals surface area contributed by atoms with E-state index in [1.807, 2.05) is 78.3 Å². The molecule has 1 aliphatic rings. The first-order valence-electron chi connectivity index (χ1n) is 20.5. The highest BCUT2D eigenvalue weighted by Gasteiger charge is 2.44. The predicted octanol–water partition coefficient (Wildman–Crippen LogP) is 9.27. The zero-order chi connectivity index (χ0) is 43.3. The Morgan fingerprint density at radius 1 is 0.983 bits per heavy atom. The summed E-state index contributed by atoms with van der Waals surface area (Å²) in [5, 5.41) is 12.1. The standard InChI is InChI=1S/C45H61N7O5SSi/c1-14-34-28-51(58(54,55)38-19-17-16-18-37(38)56-34)27-32-24-31(21-20-29(32)3)39(35-22-23-36-40(30(35)4)49-50-52(36)15-2)44(8,9)42(53)48-33-25-46-41(47-26-33)45(10,11)57-59(12,13)43(5,6)7/h16-26,34,39H,14-15,27-28H2,1-13H3,(H,48,53)/t34-,39?/m1/s1. The largest absolute Gasteiger partial charge is 0.488 e. The molecule has 0 spiro atoms. The van der Waals surface area contributed by atoms with Crippen molar-refractivity contribution >= 4 is 41.0 Å². The van der Waals surface area contributed by atoms with E-state index in [0.717, 1.165) is 38.9 Å². The van der Waals surface area contributed by atoms with Crippen molar-refractivity contribution in [1.82, 2.24) is 29.3 Å². The lowest BCUT2D eigenvalue weighted by Crippen LogP contribution is -2.46. The zero-order valence-electron chi connectivity index (χ0n) is 37.0. The third-order valence-corrected chi connectivity index (χ3v) is 18.8. The van der Waals surface area contributed by atoms with Crippen molar-refractivity contribution in [3.05, 3.63) is 101 Å². The molecule has 316 valence electrons. The maximum Gasteiger partial charge on any atom is 0.247 e. The lowest BCUT2D eigenvalue weighted by molar-refractivity contribution is -0.124. The molecule has 1 aliphatic heterocycles. The van der Waals surface area contributed by atoms with E-state index in [4.69, 9.17) is 9.16 Å². The first-order valence-corrected chi connectivity index (χ1v) is 24.9. The molecule has 6 rings (SSSR count). The predicted molar refractivity (Wildman–Crippen MR) is 235 cm³/mol. The molecule has 0 saturated heterocycles. The van der Waals surface area contributed by atoms with Gasteiger partial charge >= 0.3 is 0 Å². The minimum Gasteiger partial charge on any atom is -0.488 e. The van der Waals surface area contributed by atoms with Gasteiger partial charge in [0.1, 0.15) is 27.9 Å². The number of sulfonamides is 1. The van der Waals surface area contributed by atoms with Crippen molar-refractivity contribution in [2.24, 2.45) is 5.41 Å². The number of nitrogens with zero attached hydrogens (tertiary/aromatic N) is 6. The van der Waals surface area contributed by atoms with E-state index in [2.05, 4.69) is 71.6 Å². The number of anilines is 1. The summed E-state index contributed by atoms with van der Waals surface area (Å²) < 4.78 is 44.7. The Morgan fingerprint density at radius 2 is 1.66 bits per heavy atom. The molecule has 1 unspecified atom stereocenters. The number of fused-ring (bicyclic) bond motifs is 2. The first kappa shape index (κ1) is 44.1. The van der Waals surface area contributed by atoms with Gasteiger partial charge in [-0.1, -0.05) is 83.2 Å². The van der Waals surface area contributed by atoms with E-state index >= 15 is 0 Å². The van der Waals surface area contributed by atoms with Crippen LogP contribution >= 0.6 is 0 Å². The van der Waals surface area contributed by atoms with Crippen LogP contribution in [0.4, 0.5) is 5.69 Å². The number of benzene rings is 3. The molecule has 3 aromatic carbocycles. The fourth-order valence-corrected chi connectivity index (χ4v) is 11.0. The summed E-state index contributed by atoms with van der Waals surface area (Å²) in [5.41, 5.74) is 4.85. The van der Waals surface area contributed by atoms with Crippen molar-refractivity contribution < 1.29 is 22.4 Å². The number of rotatable bonds is 12. The number of ether oxygens (including phenoxy) is 1. The second kappa shape index (κ2) is 16.2. The van der Waals surface area contributed by atoms with E-state index in [9.17, 15) is 13.2 Å². The number of hydrogen-bond donors (Lipinski definition) is 1. The molecule has 59 heavy (non-hydrogen) atoms. The lowest BCUT2D eigenvalue weighted by atomic mass is 9.69. The Kier molecular flexibility index (Phi) is 12.1. The van der Waals surface area contributed by atoms with Crippen molar-refractivity contribution in [3.63, 3.8) is 0 Å². The lowest BCUT2D eigenvalue weighted by Gasteiger charge is -2.42. The van der Waals surface area contributed by atoms with Gasteiger partial charge in [-0.15, -0.1) is 5.10 Å². The molecule has 3 heterocycles. The normalized spacial score (nSPS) is 16.9. The SMILES string of the molecule is CC[C@@H]1CN(Cc2cc(C(c3ccc4c(nnn4CC)c3C)C(C)(C)C(=O)Nc3cnc(C(C)(C)O[Si](C)(C)C(C)(C)C)nc3)ccc2C)S(=O)(=O)c2ccccc2O1. The van der Waals surface area contributed by atoms with E-state index in [0.29, 0.717) is 30.2 Å². The first-order chi connectivity index (χ1) is 27.5. The summed E-state index contributed by atoms with van der Waals surface area (Å²) in [4.78, 5) is 24.2. The van der Waals surface area contributed by atoms with Gasteiger partial charge in [-0.3, -0.25) is 4.79 Å². The average molecular weight is 840 g/mol. The maximum atomic E-state index is 14.7. The highest BCUT2D eigenvalue weighted by atomic mass is 32.2. The molecule has 2 aromatic heterocycles. The highest BCUT2D eigenvalue weighted by molar-refractivity contribution is 7.89. The third kappa shape index (κ3) is 8.59. The molecule has 1 amide bonds. The number of nitrogens with one attached hydrogen (secondary N) is 1. The van der Waals surface area contributed by atoms with Gasteiger partial charge < -0.3 is 14.5 Å². The van der Waals surface area contributed by atoms with Crippen LogP contribution in [0.5, 0.6) is 5.75 Å². The molecule has 14 heteroatoms. The second-order valence-corrected chi connectivity index (χ2v) is 25.0. The van der Waals surface area contributed by atoms with Gasteiger partial charge in [-0.2, -0.15) is 4.31 Å². The fraction of sp³-hybridized carbons (Fsp3) is 0.489. The van der Waals surface area contributed by atoms with Crippen LogP contribution in [0.1, 0.15) is 108 Å². The molecule has 0 bridgehead atoms. The van der Waals surface area contributed by atoms with Crippen molar-refractivity contribution in [3.8, 4) is 5.75 Å². The van der Waals surface area contributed by atoms with E-state index in [-0.39, 0.29) is 35.0 Å². The Hall–Kier alpha value is -4.50. The van der Waals surface area contributed by atoms with Crippen LogP contribution in [-0.2, 0) is 37.9 Å². The van der Waals surface area contributed by atoms with Crippen LogP contribution < -0.4 is 10.1 Å². The van der Waals surface area contributed by atoms with E-state index < -0.39 is 35.3 Å². The number of aromatic nitrogens is 5. The maximum absolute atomic E-state index is 14.7. The Labute approximate surface area is 351 Å². The third-order valence-electron chi connectivity index (χ3n) is 12.3. The van der Waals surface area contributed by atoms with Crippen LogP contribution in [0, 0.1) is 19.3 Å². The van der Waals surface area contributed by atoms with Crippen LogP contribution in [0.25, 0.3) is 11.0 Å². The zero-order valence-corrected chi connectivity index (χ0v) is 38.8. The number of hydrogen-bond acceptors (Lipinski definition) is 9. The molecule has 1 N–H and O–H groups in total. The monoisotopic (exact) mass is 839 g/mol. The highest BCUT2D eigenvalue weighted by Crippen LogP contribution is 2.45. The number of carbonyl (C=O) groups excluding carboxylic acids is 1. The topological polar surface area (TPSA) is 141 Å². The number of carbonyl (C=O) groups is 1. The van der Waals surface area contributed by atoms with Crippen LogP contribution in [-0.4, -0.2) is 64.6 Å². The average Bonchev–Trinajstić information content (AvgIpc) is 3.55. The summed E-state index contributed by atoms with van der Waals surface area (Å²) in [5.74, 6) is 0.196. The van der Waals surface area contributed by atoms with Crippen molar-refractivity contribution in [1.29, 1.82) is 0 Å². The van der Waals surface area contributed by atoms with Gasteiger partial charge in [0.15, 0.2) is 14.1 Å². The summed E-state index contributed by atoms with van der Waals surface area (Å²) in [7, 11) is -6.02. The Bertz CT molecular complexity index is 2460. The number of amides is 1. The Morgan fingerprint density at radius 3 is 2.31 bits per heavy atom. The minimum absolute atomic E-state index is 0.0118. The van der Waals surface area contributed by atoms with E-state index in [1.54, 1.807) is 36.7 Å². The van der Waals surface area contributed by atoms with Crippen LogP contribution in [0.3, 0.4) is 0 Å². The van der Waals surface area contributed by atoms with Crippen molar-refractivity contribution in [2.45, 2.75) is 136 Å². The molecular weight excluding hydrogens is 779 g/mol. The van der Waals surface area contributed by atoms with Gasteiger partial charge in [-0.25, -0.2) is 23.1 Å². The quantitative estimate of drug-likeness (QED) is 0.122. The molecule has 0 fully saturated rings. The summed E-state index contributed by atoms with van der Waals surface area (Å²) in [6, 6.07) is 17.0. The smallest absolute Gasteiger partial charge is 0.247 e. The molecule has 0 aliphatic carbocycles. The number of para-hydroxylation sites is 1. The minimum atomic E-state index is -3.89.